The predicted molar refractivity (Wildman–Crippen MR) is 104 cm³/mol. The molecule has 0 fully saturated rings. The third-order valence-corrected chi connectivity index (χ3v) is 5.19. The minimum atomic E-state index is -0.630. The van der Waals surface area contributed by atoms with E-state index in [1.165, 1.54) is 5.69 Å². The van der Waals surface area contributed by atoms with E-state index in [1.807, 2.05) is 36.4 Å². The van der Waals surface area contributed by atoms with E-state index in [9.17, 15) is 9.59 Å². The molecule has 1 aliphatic rings. The maximum atomic E-state index is 12.6. The van der Waals surface area contributed by atoms with Crippen LogP contribution in [0.4, 0.5) is 0 Å². The second kappa shape index (κ2) is 6.56. The van der Waals surface area contributed by atoms with Crippen LogP contribution >= 0.6 is 0 Å². The number of benzene rings is 2. The summed E-state index contributed by atoms with van der Waals surface area (Å²) in [5.74, 6) is -0.735. The number of furan rings is 1. The number of rotatable bonds is 3. The number of carbonyl (C=O) groups is 2. The van der Waals surface area contributed by atoms with Crippen LogP contribution < -0.4 is 0 Å². The van der Waals surface area contributed by atoms with Crippen molar-refractivity contribution in [2.24, 2.45) is 0 Å². The number of esters is 1. The molecule has 6 heteroatoms. The molecule has 0 spiro atoms. The molecule has 0 atom stereocenters. The zero-order chi connectivity index (χ0) is 19.1. The Morgan fingerprint density at radius 2 is 1.93 bits per heavy atom. The molecule has 6 nitrogen and oxygen atoms in total. The van der Waals surface area contributed by atoms with Crippen molar-refractivity contribution in [3.8, 4) is 0 Å². The molecule has 2 aromatic heterocycles. The van der Waals surface area contributed by atoms with Gasteiger partial charge in [0.25, 0.3) is 5.91 Å². The van der Waals surface area contributed by atoms with E-state index in [0.29, 0.717) is 18.7 Å². The molecule has 1 amide bonds. The maximum Gasteiger partial charge on any atom is 0.374 e. The molecule has 0 saturated heterocycles. The van der Waals surface area contributed by atoms with E-state index in [-0.39, 0.29) is 18.3 Å². The highest BCUT2D eigenvalue weighted by Crippen LogP contribution is 2.27. The van der Waals surface area contributed by atoms with Crippen LogP contribution in [-0.4, -0.2) is 34.9 Å². The molecule has 0 bridgehead atoms. The Morgan fingerprint density at radius 1 is 1.11 bits per heavy atom. The van der Waals surface area contributed by atoms with E-state index < -0.39 is 5.97 Å². The summed E-state index contributed by atoms with van der Waals surface area (Å²) < 4.78 is 10.7. The van der Waals surface area contributed by atoms with Gasteiger partial charge in [-0.25, -0.2) is 4.79 Å². The zero-order valence-electron chi connectivity index (χ0n) is 15.1. The van der Waals surface area contributed by atoms with E-state index in [2.05, 4.69) is 11.1 Å². The summed E-state index contributed by atoms with van der Waals surface area (Å²) in [5, 5.41) is 1.96. The smallest absolute Gasteiger partial charge is 0.374 e. The van der Waals surface area contributed by atoms with Gasteiger partial charge in [-0.05, 0) is 18.2 Å². The summed E-state index contributed by atoms with van der Waals surface area (Å²) in [5.41, 5.74) is 4.00. The molecule has 2 aromatic carbocycles. The van der Waals surface area contributed by atoms with Gasteiger partial charge in [-0.15, -0.1) is 0 Å². The minimum Gasteiger partial charge on any atom is -0.450 e. The Labute approximate surface area is 160 Å². The number of aromatic nitrogens is 1. The van der Waals surface area contributed by atoms with Crippen LogP contribution in [-0.2, 0) is 22.5 Å². The molecule has 5 rings (SSSR count). The van der Waals surface area contributed by atoms with Crippen molar-refractivity contribution in [2.75, 3.05) is 13.2 Å². The largest absolute Gasteiger partial charge is 0.450 e. The summed E-state index contributed by atoms with van der Waals surface area (Å²) >= 11 is 0. The fraction of sp³-hybridized carbons (Fsp3) is 0.182. The van der Waals surface area contributed by atoms with Crippen molar-refractivity contribution in [3.05, 3.63) is 71.6 Å². The normalized spacial score (nSPS) is 13.6. The van der Waals surface area contributed by atoms with Crippen molar-refractivity contribution < 1.29 is 18.7 Å². The lowest BCUT2D eigenvalue weighted by Crippen LogP contribution is -2.38. The van der Waals surface area contributed by atoms with Gasteiger partial charge in [-0.1, -0.05) is 36.4 Å². The third kappa shape index (κ3) is 2.83. The van der Waals surface area contributed by atoms with Gasteiger partial charge in [0.05, 0.1) is 0 Å². The minimum absolute atomic E-state index is 0.103. The predicted octanol–water partition coefficient (Wildman–Crippen LogP) is 3.66. The number of ether oxygens (including phenoxy) is 1. The second-order valence-corrected chi connectivity index (χ2v) is 6.92. The van der Waals surface area contributed by atoms with E-state index >= 15 is 0 Å². The highest BCUT2D eigenvalue weighted by Gasteiger charge is 2.25. The van der Waals surface area contributed by atoms with Crippen LogP contribution in [0.5, 0.6) is 0 Å². The summed E-state index contributed by atoms with van der Waals surface area (Å²) in [6.07, 6.45) is 0.757. The first-order chi connectivity index (χ1) is 13.7. The Kier molecular flexibility index (Phi) is 3.90. The number of amides is 1. The van der Waals surface area contributed by atoms with Gasteiger partial charge in [0.1, 0.15) is 5.58 Å². The fourth-order valence-corrected chi connectivity index (χ4v) is 3.75. The van der Waals surface area contributed by atoms with Crippen molar-refractivity contribution in [1.82, 2.24) is 9.88 Å². The second-order valence-electron chi connectivity index (χ2n) is 6.92. The molecular formula is C22H18N2O4. The summed E-state index contributed by atoms with van der Waals surface area (Å²) in [4.78, 5) is 30.0. The molecule has 1 N–H and O–H groups in total. The van der Waals surface area contributed by atoms with Crippen molar-refractivity contribution in [2.45, 2.75) is 13.0 Å². The number of nitrogens with zero attached hydrogens (tertiary/aromatic N) is 1. The number of nitrogens with one attached hydrogen (secondary N) is 1. The molecule has 1 aliphatic heterocycles. The lowest BCUT2D eigenvalue weighted by molar-refractivity contribution is -0.135. The number of aromatic amines is 1. The van der Waals surface area contributed by atoms with Gasteiger partial charge in [0.2, 0.25) is 5.76 Å². The number of hydrogen-bond donors (Lipinski definition) is 1. The molecular weight excluding hydrogens is 356 g/mol. The first-order valence-corrected chi connectivity index (χ1v) is 9.21. The number of para-hydroxylation sites is 2. The van der Waals surface area contributed by atoms with E-state index in [4.69, 9.17) is 9.15 Å². The number of H-pyrrole nitrogens is 1. The monoisotopic (exact) mass is 374 g/mol. The number of fused-ring (bicyclic) bond motifs is 4. The van der Waals surface area contributed by atoms with Crippen LogP contribution in [0.15, 0.2) is 59.0 Å². The fourth-order valence-electron chi connectivity index (χ4n) is 3.75. The summed E-state index contributed by atoms with van der Waals surface area (Å²) in [6, 6.07) is 17.0. The molecule has 0 saturated carbocycles. The van der Waals surface area contributed by atoms with Crippen molar-refractivity contribution >= 4 is 33.7 Å². The van der Waals surface area contributed by atoms with Gasteiger partial charge in [0, 0.05) is 47.1 Å². The zero-order valence-corrected chi connectivity index (χ0v) is 15.1. The maximum absolute atomic E-state index is 12.6. The van der Waals surface area contributed by atoms with Gasteiger partial charge in [-0.2, -0.15) is 0 Å². The quantitative estimate of drug-likeness (QED) is 0.556. The van der Waals surface area contributed by atoms with Crippen LogP contribution in [0.25, 0.3) is 21.9 Å². The van der Waals surface area contributed by atoms with E-state index in [0.717, 1.165) is 28.3 Å². The average molecular weight is 374 g/mol. The Bertz CT molecular complexity index is 1170. The van der Waals surface area contributed by atoms with E-state index in [1.54, 1.807) is 17.0 Å². The van der Waals surface area contributed by atoms with Crippen LogP contribution in [0.3, 0.4) is 0 Å². The Balaban J connectivity index is 1.26. The summed E-state index contributed by atoms with van der Waals surface area (Å²) in [7, 11) is 0. The molecule has 0 radical (unpaired) electrons. The van der Waals surface area contributed by atoms with Gasteiger partial charge in [-0.3, -0.25) is 4.79 Å². The van der Waals surface area contributed by atoms with Gasteiger partial charge in [0.15, 0.2) is 6.61 Å². The number of carbonyl (C=O) groups excluding carboxylic acids is 2. The first kappa shape index (κ1) is 16.6. The molecule has 0 aliphatic carbocycles. The lowest BCUT2D eigenvalue weighted by atomic mass is 10.0. The molecule has 4 aromatic rings. The average Bonchev–Trinajstić information content (AvgIpc) is 3.32. The summed E-state index contributed by atoms with van der Waals surface area (Å²) in [6.45, 7) is 0.814. The topological polar surface area (TPSA) is 75.5 Å². The third-order valence-electron chi connectivity index (χ3n) is 5.19. The van der Waals surface area contributed by atoms with Crippen LogP contribution in [0.1, 0.15) is 21.8 Å². The van der Waals surface area contributed by atoms with Crippen LogP contribution in [0.2, 0.25) is 0 Å². The van der Waals surface area contributed by atoms with Crippen molar-refractivity contribution in [3.63, 3.8) is 0 Å². The molecule has 140 valence electrons. The van der Waals surface area contributed by atoms with Crippen molar-refractivity contribution in [1.29, 1.82) is 0 Å². The first-order valence-electron chi connectivity index (χ1n) is 9.21. The molecule has 28 heavy (non-hydrogen) atoms. The lowest BCUT2D eigenvalue weighted by Gasteiger charge is -2.27. The van der Waals surface area contributed by atoms with Gasteiger partial charge < -0.3 is 19.0 Å². The highest BCUT2D eigenvalue weighted by atomic mass is 16.5. The molecule has 0 unspecified atom stereocenters. The molecule has 3 heterocycles. The number of hydrogen-bond acceptors (Lipinski definition) is 4. The highest BCUT2D eigenvalue weighted by molar-refractivity contribution is 5.94. The van der Waals surface area contributed by atoms with Gasteiger partial charge >= 0.3 is 5.97 Å². The van der Waals surface area contributed by atoms with Crippen LogP contribution in [0, 0.1) is 0 Å². The SMILES string of the molecule is O=C(OCC(=O)N1CCc2[nH]c3ccccc3c2C1)c1cc2ccccc2o1. The Hall–Kier alpha value is -3.54. The standard InChI is InChI=1S/C22H18N2O4/c25-21(13-27-22(26)20-11-14-5-1-4-8-19(14)28-20)24-10-9-18-16(12-24)15-6-2-3-7-17(15)23-18/h1-8,11,23H,9-10,12-13H2. The Morgan fingerprint density at radius 3 is 2.82 bits per heavy atom.